The van der Waals surface area contributed by atoms with Crippen molar-refractivity contribution < 1.29 is 4.84 Å². The molecule has 0 saturated heterocycles. The highest BCUT2D eigenvalue weighted by Gasteiger charge is 2.11. The maximum Gasteiger partial charge on any atom is 0.157 e. The zero-order valence-electron chi connectivity index (χ0n) is 9.23. The number of hydrogen-bond donors (Lipinski definition) is 2. The lowest BCUT2D eigenvalue weighted by atomic mass is 10.3. The molecule has 88 valence electrons. The van der Waals surface area contributed by atoms with Crippen molar-refractivity contribution in [1.82, 2.24) is 5.23 Å². The minimum atomic E-state index is 0.650. The molecule has 4 N–H and O–H groups in total. The lowest BCUT2D eigenvalue weighted by molar-refractivity contribution is 0.0857. The number of hydrogen-bond acceptors (Lipinski definition) is 5. The molecule has 0 aliphatic carbocycles. The van der Waals surface area contributed by atoms with Crippen molar-refractivity contribution in [2.45, 2.75) is 0 Å². The van der Waals surface area contributed by atoms with Crippen LogP contribution in [0.15, 0.2) is 60.7 Å². The first-order chi connectivity index (χ1) is 8.27. The molecule has 0 bridgehead atoms. The number of hydrazine groups is 3. The van der Waals surface area contributed by atoms with Gasteiger partial charge in [-0.05, 0) is 24.3 Å². The van der Waals surface area contributed by atoms with Crippen molar-refractivity contribution in [3.8, 4) is 5.75 Å². The molecule has 0 fully saturated rings. The van der Waals surface area contributed by atoms with Gasteiger partial charge in [0.25, 0.3) is 0 Å². The quantitative estimate of drug-likeness (QED) is 0.614. The summed E-state index contributed by atoms with van der Waals surface area (Å²) in [6.45, 7) is 0. The molecule has 17 heavy (non-hydrogen) atoms. The van der Waals surface area contributed by atoms with Gasteiger partial charge >= 0.3 is 0 Å². The van der Waals surface area contributed by atoms with Crippen LogP contribution in [0, 0.1) is 0 Å². The molecule has 5 heteroatoms. The molecule has 2 rings (SSSR count). The van der Waals surface area contributed by atoms with E-state index in [4.69, 9.17) is 16.5 Å². The van der Waals surface area contributed by atoms with Crippen LogP contribution in [0.2, 0.25) is 0 Å². The van der Waals surface area contributed by atoms with Crippen LogP contribution in [0.25, 0.3) is 0 Å². The van der Waals surface area contributed by atoms with E-state index in [2.05, 4.69) is 0 Å². The number of nitrogens with zero attached hydrogens (tertiary/aromatic N) is 2. The second kappa shape index (κ2) is 5.31. The Hall–Kier alpha value is -2.08. The molecular weight excluding hydrogens is 216 g/mol. The molecule has 0 aromatic heterocycles. The summed E-state index contributed by atoms with van der Waals surface area (Å²) in [6.07, 6.45) is 0. The predicted molar refractivity (Wildman–Crippen MR) is 66.2 cm³/mol. The zero-order valence-corrected chi connectivity index (χ0v) is 9.23. The van der Waals surface area contributed by atoms with Gasteiger partial charge in [0.1, 0.15) is 0 Å². The third kappa shape index (κ3) is 2.94. The topological polar surface area (TPSA) is 67.8 Å². The van der Waals surface area contributed by atoms with Crippen LogP contribution in [0.4, 0.5) is 5.69 Å². The molecule has 5 nitrogen and oxygen atoms in total. The molecule has 0 aliphatic heterocycles. The smallest absolute Gasteiger partial charge is 0.157 e. The van der Waals surface area contributed by atoms with Crippen molar-refractivity contribution in [3.05, 3.63) is 60.7 Å². The van der Waals surface area contributed by atoms with Gasteiger partial charge in [0.15, 0.2) is 5.75 Å². The third-order valence-corrected chi connectivity index (χ3v) is 2.12. The zero-order chi connectivity index (χ0) is 12.1. The fourth-order valence-corrected chi connectivity index (χ4v) is 1.37. The number of anilines is 1. The number of nitrogens with two attached hydrogens (primary N) is 2. The number of benzene rings is 2. The normalized spacial score (nSPS) is 10.3. The second-order valence-electron chi connectivity index (χ2n) is 3.39. The summed E-state index contributed by atoms with van der Waals surface area (Å²) in [7, 11) is 0. The lowest BCUT2D eigenvalue weighted by Crippen LogP contribution is -2.54. The van der Waals surface area contributed by atoms with Gasteiger partial charge in [-0.15, -0.1) is 5.17 Å². The van der Waals surface area contributed by atoms with Crippen molar-refractivity contribution >= 4 is 5.69 Å². The van der Waals surface area contributed by atoms with E-state index in [1.807, 2.05) is 60.7 Å². The van der Waals surface area contributed by atoms with Crippen molar-refractivity contribution in [1.29, 1.82) is 0 Å². The molecular formula is C12H14N4O. The minimum Gasteiger partial charge on any atom is -0.361 e. The van der Waals surface area contributed by atoms with Gasteiger partial charge in [-0.1, -0.05) is 41.6 Å². The lowest BCUT2D eigenvalue weighted by Gasteiger charge is -2.27. The van der Waals surface area contributed by atoms with Gasteiger partial charge in [-0.25, -0.2) is 11.7 Å². The Morgan fingerprint density at radius 1 is 0.765 bits per heavy atom. The molecule has 0 amide bonds. The van der Waals surface area contributed by atoms with E-state index in [0.29, 0.717) is 5.75 Å². The summed E-state index contributed by atoms with van der Waals surface area (Å²) in [5, 5.41) is 2.19. The minimum absolute atomic E-state index is 0.650. The number of para-hydroxylation sites is 2. The molecule has 0 heterocycles. The van der Waals surface area contributed by atoms with Crippen LogP contribution in [-0.2, 0) is 0 Å². The molecule has 0 spiro atoms. The van der Waals surface area contributed by atoms with E-state index in [0.717, 1.165) is 10.9 Å². The molecule has 0 aliphatic rings. The Balaban J connectivity index is 2.20. The standard InChI is InChI=1S/C12H14N4O/c13-16(14)15(11-7-3-1-4-8-11)17-12-9-5-2-6-10-12/h1-10H,13-14H2. The summed E-state index contributed by atoms with van der Waals surface area (Å²) < 4.78 is 0. The Kier molecular flexibility index (Phi) is 3.56. The number of rotatable bonds is 4. The highest BCUT2D eigenvalue weighted by atomic mass is 16.7. The van der Waals surface area contributed by atoms with Gasteiger partial charge in [0.05, 0.1) is 5.69 Å². The van der Waals surface area contributed by atoms with Crippen LogP contribution in [0.3, 0.4) is 0 Å². The first-order valence-corrected chi connectivity index (χ1v) is 5.15. The highest BCUT2D eigenvalue weighted by Crippen LogP contribution is 2.17. The highest BCUT2D eigenvalue weighted by molar-refractivity contribution is 5.43. The Labute approximate surface area is 99.7 Å². The van der Waals surface area contributed by atoms with Gasteiger partial charge in [0, 0.05) is 0 Å². The van der Waals surface area contributed by atoms with E-state index < -0.39 is 0 Å². The van der Waals surface area contributed by atoms with Crippen LogP contribution in [-0.4, -0.2) is 5.23 Å². The van der Waals surface area contributed by atoms with Gasteiger partial charge in [0.2, 0.25) is 0 Å². The molecule has 0 radical (unpaired) electrons. The van der Waals surface area contributed by atoms with Gasteiger partial charge in [-0.3, -0.25) is 0 Å². The molecule has 2 aromatic carbocycles. The Bertz CT molecular complexity index is 447. The van der Waals surface area contributed by atoms with Crippen molar-refractivity contribution in [3.63, 3.8) is 0 Å². The maximum absolute atomic E-state index is 5.57. The van der Waals surface area contributed by atoms with E-state index in [9.17, 15) is 0 Å². The monoisotopic (exact) mass is 230 g/mol. The van der Waals surface area contributed by atoms with Crippen LogP contribution in [0.5, 0.6) is 5.75 Å². The van der Waals surface area contributed by atoms with Gasteiger partial charge < -0.3 is 4.84 Å². The predicted octanol–water partition coefficient (Wildman–Crippen LogP) is 1.45. The fourth-order valence-electron chi connectivity index (χ4n) is 1.37. The summed E-state index contributed by atoms with van der Waals surface area (Å²) in [5.74, 6) is 11.7. The SMILES string of the molecule is NN(N)N(Oc1ccccc1)c1ccccc1. The Morgan fingerprint density at radius 3 is 1.82 bits per heavy atom. The Morgan fingerprint density at radius 2 is 1.29 bits per heavy atom. The second-order valence-corrected chi connectivity index (χ2v) is 3.39. The molecule has 2 aromatic rings. The summed E-state index contributed by atoms with van der Waals surface area (Å²) in [6, 6.07) is 18.6. The first-order valence-electron chi connectivity index (χ1n) is 5.15. The summed E-state index contributed by atoms with van der Waals surface area (Å²) >= 11 is 0. The maximum atomic E-state index is 5.57. The average molecular weight is 230 g/mol. The van der Waals surface area contributed by atoms with Crippen LogP contribution in [0.1, 0.15) is 0 Å². The third-order valence-electron chi connectivity index (χ3n) is 2.12. The van der Waals surface area contributed by atoms with Crippen LogP contribution >= 0.6 is 0 Å². The van der Waals surface area contributed by atoms with E-state index in [-0.39, 0.29) is 0 Å². The summed E-state index contributed by atoms with van der Waals surface area (Å²) in [5.41, 5.74) is 0.737. The largest absolute Gasteiger partial charge is 0.361 e. The van der Waals surface area contributed by atoms with E-state index in [1.54, 1.807) is 0 Å². The van der Waals surface area contributed by atoms with Crippen molar-refractivity contribution in [2.75, 3.05) is 5.17 Å². The molecule has 0 unspecified atom stereocenters. The first kappa shape index (κ1) is 11.4. The van der Waals surface area contributed by atoms with Crippen LogP contribution < -0.4 is 21.7 Å². The fraction of sp³-hybridized carbons (Fsp3) is 0. The van der Waals surface area contributed by atoms with E-state index in [1.165, 1.54) is 5.17 Å². The van der Waals surface area contributed by atoms with Gasteiger partial charge in [-0.2, -0.15) is 0 Å². The van der Waals surface area contributed by atoms with E-state index >= 15 is 0 Å². The summed E-state index contributed by atoms with van der Waals surface area (Å²) in [4.78, 5) is 5.57. The van der Waals surface area contributed by atoms with Crippen molar-refractivity contribution in [2.24, 2.45) is 11.7 Å². The average Bonchev–Trinajstić information content (AvgIpc) is 2.38. The molecule has 0 atom stereocenters. The molecule has 0 saturated carbocycles.